The highest BCUT2D eigenvalue weighted by atomic mass is 32.2. The normalized spacial score (nSPS) is 22.5. The largest absolute Gasteiger partial charge is 0.344 e. The van der Waals surface area contributed by atoms with Gasteiger partial charge in [-0.05, 0) is 28.8 Å². The number of sulfonamides is 1. The first-order valence-corrected chi connectivity index (χ1v) is 11.9. The van der Waals surface area contributed by atoms with Crippen LogP contribution in [0.1, 0.15) is 22.7 Å². The van der Waals surface area contributed by atoms with Crippen LogP contribution in [-0.4, -0.2) is 31.8 Å². The average Bonchev–Trinajstić information content (AvgIpc) is 3.18. The van der Waals surface area contributed by atoms with Crippen LogP contribution >= 0.6 is 0 Å². The van der Waals surface area contributed by atoms with Crippen LogP contribution in [-0.2, 0) is 10.0 Å². The molecule has 0 amide bonds. The monoisotopic (exact) mass is 430 g/mol. The number of para-hydroxylation sites is 1. The van der Waals surface area contributed by atoms with Gasteiger partial charge in [0.1, 0.15) is 6.04 Å². The molecule has 6 nitrogen and oxygen atoms in total. The third-order valence-electron chi connectivity index (χ3n) is 5.92. The van der Waals surface area contributed by atoms with Gasteiger partial charge in [-0.1, -0.05) is 84.1 Å². The molecule has 0 saturated heterocycles. The summed E-state index contributed by atoms with van der Waals surface area (Å²) in [7, 11) is -1.80. The molecule has 0 aromatic heterocycles. The van der Waals surface area contributed by atoms with E-state index in [0.29, 0.717) is 0 Å². The molecule has 2 aliphatic rings. The van der Waals surface area contributed by atoms with Gasteiger partial charge in [0, 0.05) is 18.3 Å². The second-order valence-corrected chi connectivity index (χ2v) is 9.62. The minimum atomic E-state index is -3.71. The molecule has 0 fully saturated rings. The summed E-state index contributed by atoms with van der Waals surface area (Å²) in [5, 5.41) is 8.65. The molecule has 156 valence electrons. The number of rotatable bonds is 3. The van der Waals surface area contributed by atoms with Crippen molar-refractivity contribution in [2.45, 2.75) is 11.7 Å². The van der Waals surface area contributed by atoms with Crippen molar-refractivity contribution in [1.82, 2.24) is 4.41 Å². The summed E-state index contributed by atoms with van der Waals surface area (Å²) < 4.78 is 27.0. The van der Waals surface area contributed by atoms with Crippen LogP contribution in [0.4, 0.5) is 5.69 Å². The molecule has 0 bridgehead atoms. The summed E-state index contributed by atoms with van der Waals surface area (Å²) in [6.45, 7) is 0. The molecule has 0 aliphatic carbocycles. The van der Waals surface area contributed by atoms with Crippen LogP contribution in [0.5, 0.6) is 0 Å². The number of fused-ring (bicyclic) bond motifs is 1. The van der Waals surface area contributed by atoms with Gasteiger partial charge < -0.3 is 4.90 Å². The van der Waals surface area contributed by atoms with E-state index in [4.69, 9.17) is 0 Å². The molecule has 3 aromatic carbocycles. The predicted octanol–water partition coefficient (Wildman–Crippen LogP) is 4.65. The smallest absolute Gasteiger partial charge is 0.250 e. The molecular formula is C24H22N4O2S. The Morgan fingerprint density at radius 1 is 0.871 bits per heavy atom. The Morgan fingerprint density at radius 3 is 2.16 bits per heavy atom. The molecule has 5 rings (SSSR count). The lowest BCUT2D eigenvalue weighted by molar-refractivity contribution is 0.254. The quantitative estimate of drug-likeness (QED) is 0.608. The Labute approximate surface area is 182 Å². The Morgan fingerprint density at radius 2 is 1.48 bits per heavy atom. The molecule has 3 aromatic rings. The van der Waals surface area contributed by atoms with Crippen molar-refractivity contribution >= 4 is 21.3 Å². The number of anilines is 1. The van der Waals surface area contributed by atoms with E-state index in [1.165, 1.54) is 6.26 Å². The number of benzene rings is 3. The number of nitrogens with zero attached hydrogens (tertiary/aromatic N) is 4. The molecule has 1 spiro atoms. The highest BCUT2D eigenvalue weighted by molar-refractivity contribution is 7.88. The van der Waals surface area contributed by atoms with E-state index in [-0.39, 0.29) is 0 Å². The van der Waals surface area contributed by atoms with E-state index < -0.39 is 21.7 Å². The van der Waals surface area contributed by atoms with E-state index in [1.54, 1.807) is 0 Å². The van der Waals surface area contributed by atoms with E-state index in [2.05, 4.69) is 16.4 Å². The maximum atomic E-state index is 12.9. The highest BCUT2D eigenvalue weighted by Crippen LogP contribution is 2.52. The van der Waals surface area contributed by atoms with Gasteiger partial charge in [0.05, 0.1) is 6.26 Å². The second-order valence-electron chi connectivity index (χ2n) is 7.81. The average molecular weight is 431 g/mol. The van der Waals surface area contributed by atoms with Crippen molar-refractivity contribution in [3.8, 4) is 0 Å². The molecule has 0 radical (unpaired) electrons. The van der Waals surface area contributed by atoms with Crippen molar-refractivity contribution in [2.24, 2.45) is 10.3 Å². The third kappa shape index (κ3) is 2.96. The molecule has 0 saturated carbocycles. The summed E-state index contributed by atoms with van der Waals surface area (Å²) >= 11 is 0. The fourth-order valence-electron chi connectivity index (χ4n) is 4.52. The van der Waals surface area contributed by atoms with Crippen molar-refractivity contribution < 1.29 is 8.42 Å². The lowest BCUT2D eigenvalue weighted by atomic mass is 9.83. The third-order valence-corrected chi connectivity index (χ3v) is 6.91. The van der Waals surface area contributed by atoms with Gasteiger partial charge in [0.2, 0.25) is 0 Å². The maximum Gasteiger partial charge on any atom is 0.250 e. The minimum absolute atomic E-state index is 0.527. The Bertz CT molecular complexity index is 1290. The van der Waals surface area contributed by atoms with Gasteiger partial charge in [-0.25, -0.2) is 8.42 Å². The van der Waals surface area contributed by atoms with Gasteiger partial charge in [-0.2, -0.15) is 5.11 Å². The Hall–Kier alpha value is -3.45. The summed E-state index contributed by atoms with van der Waals surface area (Å²) in [5.41, 5.74) is 3.67. The topological polar surface area (TPSA) is 65.3 Å². The van der Waals surface area contributed by atoms with Gasteiger partial charge >= 0.3 is 0 Å². The first-order chi connectivity index (χ1) is 14.9. The number of hydrogen-bond donors (Lipinski definition) is 0. The molecule has 2 aliphatic heterocycles. The van der Waals surface area contributed by atoms with Gasteiger partial charge in [-0.3, -0.25) is 0 Å². The molecule has 7 heteroatoms. The van der Waals surface area contributed by atoms with E-state index in [1.807, 2.05) is 96.9 Å². The van der Waals surface area contributed by atoms with Crippen molar-refractivity contribution in [2.75, 3.05) is 18.2 Å². The fourth-order valence-corrected chi connectivity index (χ4v) is 5.50. The summed E-state index contributed by atoms with van der Waals surface area (Å²) in [6, 6.07) is 27.2. The summed E-state index contributed by atoms with van der Waals surface area (Å²) in [5.74, 6) is 0. The van der Waals surface area contributed by atoms with Crippen LogP contribution in [0.2, 0.25) is 0 Å². The molecular weight excluding hydrogens is 408 g/mol. The second kappa shape index (κ2) is 7.06. The zero-order chi connectivity index (χ0) is 21.6. The fraction of sp³-hybridized carbons (Fsp3) is 0.167. The summed E-state index contributed by atoms with van der Waals surface area (Å²) in [6.07, 6.45) is 3.18. The molecule has 0 N–H and O–H groups in total. The Kier molecular flexibility index (Phi) is 4.44. The number of likely N-dealkylation sites (N-methyl/N-ethyl adjacent to an activating group) is 1. The lowest BCUT2D eigenvalue weighted by Crippen LogP contribution is -2.60. The van der Waals surface area contributed by atoms with Crippen LogP contribution in [0, 0.1) is 0 Å². The van der Waals surface area contributed by atoms with Gasteiger partial charge in [-0.15, -0.1) is 4.41 Å². The van der Waals surface area contributed by atoms with Crippen molar-refractivity contribution in [3.63, 3.8) is 0 Å². The Balaban J connectivity index is 1.83. The first kappa shape index (κ1) is 19.5. The maximum absolute atomic E-state index is 12.9. The van der Waals surface area contributed by atoms with Crippen molar-refractivity contribution in [3.05, 3.63) is 108 Å². The predicted molar refractivity (Wildman–Crippen MR) is 122 cm³/mol. The van der Waals surface area contributed by atoms with Crippen LogP contribution in [0.15, 0.2) is 101 Å². The van der Waals surface area contributed by atoms with Crippen LogP contribution < -0.4 is 4.90 Å². The molecule has 31 heavy (non-hydrogen) atoms. The molecule has 2 atom stereocenters. The first-order valence-electron chi connectivity index (χ1n) is 10.0. The minimum Gasteiger partial charge on any atom is -0.344 e. The van der Waals surface area contributed by atoms with Crippen LogP contribution in [0.25, 0.3) is 5.57 Å². The molecule has 0 unspecified atom stereocenters. The van der Waals surface area contributed by atoms with Gasteiger partial charge in [0.15, 0.2) is 5.66 Å². The van der Waals surface area contributed by atoms with E-state index >= 15 is 0 Å². The van der Waals surface area contributed by atoms with Crippen LogP contribution in [0.3, 0.4) is 0 Å². The SMILES string of the molecule is CN1c2ccccc2C(c2ccccc2)=C[C@@]12[C@H](c1ccccc1)N=NN2S(C)(=O)=O. The van der Waals surface area contributed by atoms with E-state index in [0.717, 1.165) is 32.4 Å². The highest BCUT2D eigenvalue weighted by Gasteiger charge is 2.57. The van der Waals surface area contributed by atoms with E-state index in [9.17, 15) is 8.42 Å². The summed E-state index contributed by atoms with van der Waals surface area (Å²) in [4.78, 5) is 1.98. The number of hydrogen-bond acceptors (Lipinski definition) is 5. The standard InChI is InChI=1S/C24H22N4O2S/c1-27-22-16-10-9-15-20(22)21(18-11-5-3-6-12-18)17-24(27)23(19-13-7-4-8-14-19)25-26-28(24)31(2,29)30/h3-17,23H,1-2H3/t23-,24+/m0/s1. The zero-order valence-corrected chi connectivity index (χ0v) is 18.1. The lowest BCUT2D eigenvalue weighted by Gasteiger charge is -2.47. The zero-order valence-electron chi connectivity index (χ0n) is 17.3. The van der Waals surface area contributed by atoms with Gasteiger partial charge in [0.25, 0.3) is 10.0 Å². The molecule has 2 heterocycles. The van der Waals surface area contributed by atoms with Crippen molar-refractivity contribution in [1.29, 1.82) is 0 Å².